The third-order valence-corrected chi connectivity index (χ3v) is 3.92. The molecule has 7 heteroatoms. The molecule has 21 heavy (non-hydrogen) atoms. The van der Waals surface area contributed by atoms with E-state index in [2.05, 4.69) is 15.5 Å². The number of H-pyrrole nitrogens is 1. The molecule has 0 saturated carbocycles. The number of hydrogen-bond acceptors (Lipinski definition) is 3. The van der Waals surface area contributed by atoms with E-state index in [1.54, 1.807) is 12.1 Å². The van der Waals surface area contributed by atoms with Gasteiger partial charge in [0.1, 0.15) is 0 Å². The van der Waals surface area contributed by atoms with E-state index in [1.807, 2.05) is 13.8 Å². The zero-order chi connectivity index (χ0) is 15.6. The van der Waals surface area contributed by atoms with Crippen LogP contribution in [0.5, 0.6) is 0 Å². The summed E-state index contributed by atoms with van der Waals surface area (Å²) in [6, 6.07) is 3.46. The number of amides is 1. The van der Waals surface area contributed by atoms with Crippen LogP contribution in [0.4, 0.5) is 11.4 Å². The third kappa shape index (κ3) is 3.14. The average molecular weight is 327 g/mol. The van der Waals surface area contributed by atoms with Gasteiger partial charge in [-0.05, 0) is 25.0 Å². The highest BCUT2D eigenvalue weighted by Gasteiger charge is 2.19. The Morgan fingerprint density at radius 3 is 2.81 bits per heavy atom. The van der Waals surface area contributed by atoms with Crippen molar-refractivity contribution in [2.75, 3.05) is 11.1 Å². The lowest BCUT2D eigenvalue weighted by molar-refractivity contribution is 0.102. The second kappa shape index (κ2) is 6.37. The molecule has 1 aromatic heterocycles. The van der Waals surface area contributed by atoms with Gasteiger partial charge in [-0.25, -0.2) is 0 Å². The second-order valence-corrected chi connectivity index (χ2v) is 5.51. The van der Waals surface area contributed by atoms with Crippen molar-refractivity contribution in [1.82, 2.24) is 10.2 Å². The molecule has 0 unspecified atom stereocenters. The molecule has 1 aromatic carbocycles. The van der Waals surface area contributed by atoms with Crippen molar-refractivity contribution in [2.45, 2.75) is 26.7 Å². The van der Waals surface area contributed by atoms with E-state index < -0.39 is 5.91 Å². The van der Waals surface area contributed by atoms with Gasteiger partial charge in [-0.15, -0.1) is 0 Å². The van der Waals surface area contributed by atoms with Crippen LogP contribution in [-0.4, -0.2) is 16.1 Å². The van der Waals surface area contributed by atoms with Gasteiger partial charge < -0.3 is 11.1 Å². The molecule has 5 nitrogen and oxygen atoms in total. The topological polar surface area (TPSA) is 83.8 Å². The van der Waals surface area contributed by atoms with Crippen molar-refractivity contribution in [3.63, 3.8) is 0 Å². The Morgan fingerprint density at radius 1 is 1.43 bits per heavy atom. The SMILES string of the molecule is CCCc1[nH]nc(C(=O)Nc2c(Cl)ccc(C)c2Cl)c1N. The molecule has 2 rings (SSSR count). The monoisotopic (exact) mass is 326 g/mol. The Morgan fingerprint density at radius 2 is 2.14 bits per heavy atom. The average Bonchev–Trinajstić information content (AvgIpc) is 2.81. The third-order valence-electron chi connectivity index (χ3n) is 3.12. The number of carbonyl (C=O) groups is 1. The summed E-state index contributed by atoms with van der Waals surface area (Å²) in [5, 5.41) is 10.2. The van der Waals surface area contributed by atoms with Gasteiger partial charge in [0, 0.05) is 0 Å². The van der Waals surface area contributed by atoms with Crippen LogP contribution in [0.1, 0.15) is 35.1 Å². The first-order chi connectivity index (χ1) is 9.95. The molecule has 0 aliphatic heterocycles. The van der Waals surface area contributed by atoms with E-state index in [4.69, 9.17) is 28.9 Å². The van der Waals surface area contributed by atoms with Gasteiger partial charge in [0.25, 0.3) is 5.91 Å². The molecule has 0 atom stereocenters. The molecule has 4 N–H and O–H groups in total. The number of aromatic amines is 1. The molecule has 0 aliphatic rings. The van der Waals surface area contributed by atoms with Crippen molar-refractivity contribution < 1.29 is 4.79 Å². The number of nitrogen functional groups attached to an aromatic ring is 1. The lowest BCUT2D eigenvalue weighted by atomic mass is 10.2. The summed E-state index contributed by atoms with van der Waals surface area (Å²) in [6.45, 7) is 3.85. The van der Waals surface area contributed by atoms with Crippen molar-refractivity contribution in [3.8, 4) is 0 Å². The molecule has 0 bridgehead atoms. The molecular weight excluding hydrogens is 311 g/mol. The largest absolute Gasteiger partial charge is 0.395 e. The Balaban J connectivity index is 2.29. The fraction of sp³-hybridized carbons (Fsp3) is 0.286. The minimum Gasteiger partial charge on any atom is -0.395 e. The predicted molar refractivity (Wildman–Crippen MR) is 86.1 cm³/mol. The first-order valence-corrected chi connectivity index (χ1v) is 7.30. The minimum absolute atomic E-state index is 0.145. The van der Waals surface area contributed by atoms with Crippen LogP contribution in [0, 0.1) is 6.92 Å². The van der Waals surface area contributed by atoms with Gasteiger partial charge in [-0.2, -0.15) is 5.10 Å². The van der Waals surface area contributed by atoms with Gasteiger partial charge in [0.05, 0.1) is 27.1 Å². The molecule has 1 amide bonds. The van der Waals surface area contributed by atoms with Crippen LogP contribution in [0.2, 0.25) is 10.0 Å². The van der Waals surface area contributed by atoms with Crippen molar-refractivity contribution in [3.05, 3.63) is 39.1 Å². The second-order valence-electron chi connectivity index (χ2n) is 4.72. The van der Waals surface area contributed by atoms with Gasteiger partial charge in [0.2, 0.25) is 0 Å². The smallest absolute Gasteiger partial charge is 0.278 e. The fourth-order valence-electron chi connectivity index (χ4n) is 1.94. The summed E-state index contributed by atoms with van der Waals surface area (Å²) in [7, 11) is 0. The predicted octanol–water partition coefficient (Wildman–Crippen LogP) is 3.81. The number of hydrogen-bond donors (Lipinski definition) is 3. The number of aryl methyl sites for hydroxylation is 2. The van der Waals surface area contributed by atoms with Crippen LogP contribution < -0.4 is 11.1 Å². The van der Waals surface area contributed by atoms with Gasteiger partial charge in [-0.1, -0.05) is 42.6 Å². The quantitative estimate of drug-likeness (QED) is 0.798. The summed E-state index contributed by atoms with van der Waals surface area (Å²) in [6.07, 6.45) is 1.64. The zero-order valence-electron chi connectivity index (χ0n) is 11.8. The molecule has 0 radical (unpaired) electrons. The molecule has 112 valence electrons. The maximum absolute atomic E-state index is 12.3. The standard InChI is InChI=1S/C14H16Cl2N4O/c1-3-4-9-11(17)13(20-19-9)14(21)18-12-8(15)6-5-7(2)10(12)16/h5-6H,3-4,17H2,1-2H3,(H,18,21)(H,19,20). The number of nitrogens with one attached hydrogen (secondary N) is 2. The number of benzene rings is 1. The van der Waals surface area contributed by atoms with E-state index >= 15 is 0 Å². The van der Waals surface area contributed by atoms with Gasteiger partial charge in [-0.3, -0.25) is 9.89 Å². The highest BCUT2D eigenvalue weighted by molar-refractivity contribution is 6.40. The number of nitrogens with two attached hydrogens (primary N) is 1. The fourth-order valence-corrected chi connectivity index (χ4v) is 2.41. The Labute approximate surface area is 132 Å². The number of nitrogens with zero attached hydrogens (tertiary/aromatic N) is 1. The number of halogens is 2. The van der Waals surface area contributed by atoms with Crippen LogP contribution in [0.15, 0.2) is 12.1 Å². The highest BCUT2D eigenvalue weighted by Crippen LogP contribution is 2.33. The number of rotatable bonds is 4. The summed E-state index contributed by atoms with van der Waals surface area (Å²) < 4.78 is 0. The lowest BCUT2D eigenvalue weighted by Gasteiger charge is -2.10. The first-order valence-electron chi connectivity index (χ1n) is 6.54. The molecular formula is C14H16Cl2N4O. The number of carbonyl (C=O) groups excluding carboxylic acids is 1. The minimum atomic E-state index is -0.444. The lowest BCUT2D eigenvalue weighted by Crippen LogP contribution is -2.15. The Hall–Kier alpha value is -1.72. The Bertz CT molecular complexity index is 682. The van der Waals surface area contributed by atoms with E-state index in [1.165, 1.54) is 0 Å². The molecule has 0 spiro atoms. The van der Waals surface area contributed by atoms with Crippen molar-refractivity contribution in [2.24, 2.45) is 0 Å². The van der Waals surface area contributed by atoms with E-state index in [0.717, 1.165) is 24.1 Å². The summed E-state index contributed by atoms with van der Waals surface area (Å²) in [5.74, 6) is -0.444. The molecule has 0 saturated heterocycles. The van der Waals surface area contributed by atoms with Crippen LogP contribution >= 0.6 is 23.2 Å². The van der Waals surface area contributed by atoms with Crippen molar-refractivity contribution >= 4 is 40.5 Å². The van der Waals surface area contributed by atoms with Crippen molar-refractivity contribution in [1.29, 1.82) is 0 Å². The zero-order valence-corrected chi connectivity index (χ0v) is 13.3. The summed E-state index contributed by atoms with van der Waals surface area (Å²) in [5.41, 5.74) is 8.37. The maximum atomic E-state index is 12.3. The maximum Gasteiger partial charge on any atom is 0.278 e. The van der Waals surface area contributed by atoms with E-state index in [0.29, 0.717) is 21.4 Å². The molecule has 0 fully saturated rings. The Kier molecular flexibility index (Phi) is 4.75. The van der Waals surface area contributed by atoms with Gasteiger partial charge in [0.15, 0.2) is 5.69 Å². The molecule has 0 aliphatic carbocycles. The van der Waals surface area contributed by atoms with Crippen LogP contribution in [0.3, 0.4) is 0 Å². The number of aromatic nitrogens is 2. The van der Waals surface area contributed by atoms with Gasteiger partial charge >= 0.3 is 0 Å². The highest BCUT2D eigenvalue weighted by atomic mass is 35.5. The van der Waals surface area contributed by atoms with E-state index in [-0.39, 0.29) is 5.69 Å². The summed E-state index contributed by atoms with van der Waals surface area (Å²) >= 11 is 12.2. The van der Waals surface area contributed by atoms with E-state index in [9.17, 15) is 4.79 Å². The molecule has 2 aromatic rings. The molecule has 1 heterocycles. The van der Waals surface area contributed by atoms with Crippen LogP contribution in [0.25, 0.3) is 0 Å². The number of anilines is 2. The summed E-state index contributed by atoms with van der Waals surface area (Å²) in [4.78, 5) is 12.3. The first kappa shape index (κ1) is 15.7. The normalized spacial score (nSPS) is 10.7. The van der Waals surface area contributed by atoms with Crippen LogP contribution in [-0.2, 0) is 6.42 Å².